The fourth-order valence-corrected chi connectivity index (χ4v) is 2.25. The van der Waals surface area contributed by atoms with Crippen molar-refractivity contribution in [3.8, 4) is 0 Å². The quantitative estimate of drug-likeness (QED) is 0.785. The third kappa shape index (κ3) is 2.78. The van der Waals surface area contributed by atoms with Crippen LogP contribution in [-0.4, -0.2) is 30.6 Å². The smallest absolute Gasteiger partial charge is 0.324 e. The third-order valence-electron chi connectivity index (χ3n) is 3.12. The molecule has 0 N–H and O–H groups in total. The van der Waals surface area contributed by atoms with Crippen molar-refractivity contribution in [2.45, 2.75) is 26.2 Å². The fourth-order valence-electron chi connectivity index (χ4n) is 2.25. The van der Waals surface area contributed by atoms with Gasteiger partial charge in [0.05, 0.1) is 0 Å². The van der Waals surface area contributed by atoms with E-state index in [1.807, 2.05) is 40.1 Å². The number of urea groups is 1. The average molecular weight is 232 g/mol. The monoisotopic (exact) mass is 232 g/mol. The molecule has 0 aliphatic carbocycles. The standard InChI is InChI=1S/C14H20N2O/c1-2-10-16(13-8-4-3-5-9-13)14(17)15-11-6-7-12-15/h3-5,8-9H,2,6-7,10-12H2,1H3. The summed E-state index contributed by atoms with van der Waals surface area (Å²) >= 11 is 0. The summed E-state index contributed by atoms with van der Waals surface area (Å²) in [6.45, 7) is 4.71. The van der Waals surface area contributed by atoms with Gasteiger partial charge in [-0.25, -0.2) is 4.79 Å². The van der Waals surface area contributed by atoms with Crippen LogP contribution in [0.3, 0.4) is 0 Å². The maximum absolute atomic E-state index is 12.4. The Morgan fingerprint density at radius 1 is 1.24 bits per heavy atom. The van der Waals surface area contributed by atoms with Crippen LogP contribution in [0.2, 0.25) is 0 Å². The number of rotatable bonds is 3. The van der Waals surface area contributed by atoms with Crippen LogP contribution < -0.4 is 4.90 Å². The molecule has 2 amide bonds. The minimum absolute atomic E-state index is 0.163. The van der Waals surface area contributed by atoms with Gasteiger partial charge in [-0.1, -0.05) is 25.1 Å². The Kier molecular flexibility index (Phi) is 4.02. The molecule has 0 atom stereocenters. The summed E-state index contributed by atoms with van der Waals surface area (Å²) in [6.07, 6.45) is 3.26. The average Bonchev–Trinajstić information content (AvgIpc) is 2.90. The molecule has 3 heteroatoms. The molecule has 0 bridgehead atoms. The number of carbonyl (C=O) groups excluding carboxylic acids is 1. The van der Waals surface area contributed by atoms with Crippen molar-refractivity contribution >= 4 is 11.7 Å². The Bertz CT molecular complexity index is 358. The summed E-state index contributed by atoms with van der Waals surface area (Å²) in [6, 6.07) is 10.1. The van der Waals surface area contributed by atoms with Crippen molar-refractivity contribution in [2.24, 2.45) is 0 Å². The SMILES string of the molecule is CCCN(C(=O)N1CCCC1)c1ccccc1. The van der Waals surface area contributed by atoms with Gasteiger partial charge in [0, 0.05) is 25.3 Å². The number of para-hydroxylation sites is 1. The van der Waals surface area contributed by atoms with Crippen LogP contribution in [0, 0.1) is 0 Å². The van der Waals surface area contributed by atoms with E-state index < -0.39 is 0 Å². The predicted molar refractivity (Wildman–Crippen MR) is 70.3 cm³/mol. The van der Waals surface area contributed by atoms with E-state index in [9.17, 15) is 4.79 Å². The largest absolute Gasteiger partial charge is 0.324 e. The molecule has 1 aromatic carbocycles. The van der Waals surface area contributed by atoms with E-state index in [0.29, 0.717) is 0 Å². The van der Waals surface area contributed by atoms with Crippen molar-refractivity contribution < 1.29 is 4.79 Å². The van der Waals surface area contributed by atoms with Gasteiger partial charge in [-0.3, -0.25) is 4.90 Å². The molecule has 0 aromatic heterocycles. The zero-order valence-electron chi connectivity index (χ0n) is 10.4. The Labute approximate surface area is 103 Å². The highest BCUT2D eigenvalue weighted by atomic mass is 16.2. The molecule has 1 saturated heterocycles. The van der Waals surface area contributed by atoms with Gasteiger partial charge in [0.2, 0.25) is 0 Å². The molecule has 1 heterocycles. The minimum atomic E-state index is 0.163. The van der Waals surface area contributed by atoms with E-state index >= 15 is 0 Å². The molecule has 17 heavy (non-hydrogen) atoms. The molecular weight excluding hydrogens is 212 g/mol. The number of carbonyl (C=O) groups is 1. The zero-order valence-corrected chi connectivity index (χ0v) is 10.4. The number of nitrogens with zero attached hydrogens (tertiary/aromatic N) is 2. The number of likely N-dealkylation sites (tertiary alicyclic amines) is 1. The highest BCUT2D eigenvalue weighted by Gasteiger charge is 2.23. The molecule has 1 aromatic rings. The topological polar surface area (TPSA) is 23.6 Å². The first-order chi connectivity index (χ1) is 8.33. The predicted octanol–water partition coefficient (Wildman–Crippen LogP) is 3.12. The van der Waals surface area contributed by atoms with Gasteiger partial charge < -0.3 is 4.90 Å². The Hall–Kier alpha value is -1.51. The zero-order chi connectivity index (χ0) is 12.1. The Morgan fingerprint density at radius 3 is 2.47 bits per heavy atom. The number of hydrogen-bond acceptors (Lipinski definition) is 1. The lowest BCUT2D eigenvalue weighted by Crippen LogP contribution is -2.42. The number of anilines is 1. The molecule has 1 fully saturated rings. The van der Waals surface area contributed by atoms with Crippen LogP contribution in [-0.2, 0) is 0 Å². The van der Waals surface area contributed by atoms with E-state index in [1.54, 1.807) is 0 Å². The maximum Gasteiger partial charge on any atom is 0.324 e. The van der Waals surface area contributed by atoms with Gasteiger partial charge in [0.1, 0.15) is 0 Å². The van der Waals surface area contributed by atoms with E-state index in [0.717, 1.165) is 44.6 Å². The highest BCUT2D eigenvalue weighted by molar-refractivity contribution is 5.92. The van der Waals surface area contributed by atoms with E-state index in [2.05, 4.69) is 6.92 Å². The lowest BCUT2D eigenvalue weighted by molar-refractivity contribution is 0.215. The van der Waals surface area contributed by atoms with Gasteiger partial charge >= 0.3 is 6.03 Å². The second-order valence-electron chi connectivity index (χ2n) is 4.46. The van der Waals surface area contributed by atoms with Crippen LogP contribution in [0.15, 0.2) is 30.3 Å². The minimum Gasteiger partial charge on any atom is -0.324 e. The molecule has 0 spiro atoms. The second-order valence-corrected chi connectivity index (χ2v) is 4.46. The van der Waals surface area contributed by atoms with Crippen molar-refractivity contribution in [2.75, 3.05) is 24.5 Å². The summed E-state index contributed by atoms with van der Waals surface area (Å²) < 4.78 is 0. The van der Waals surface area contributed by atoms with Crippen LogP contribution >= 0.6 is 0 Å². The lowest BCUT2D eigenvalue weighted by atomic mass is 10.3. The third-order valence-corrected chi connectivity index (χ3v) is 3.12. The summed E-state index contributed by atoms with van der Waals surface area (Å²) in [5.74, 6) is 0. The van der Waals surface area contributed by atoms with Crippen molar-refractivity contribution in [1.29, 1.82) is 0 Å². The van der Waals surface area contributed by atoms with E-state index in [4.69, 9.17) is 0 Å². The van der Waals surface area contributed by atoms with Gasteiger partial charge in [-0.2, -0.15) is 0 Å². The molecule has 0 radical (unpaired) electrons. The molecule has 2 rings (SSSR count). The molecule has 3 nitrogen and oxygen atoms in total. The number of amides is 2. The van der Waals surface area contributed by atoms with Crippen molar-refractivity contribution in [3.63, 3.8) is 0 Å². The summed E-state index contributed by atoms with van der Waals surface area (Å²) in [5.41, 5.74) is 1.01. The van der Waals surface area contributed by atoms with Gasteiger partial charge in [-0.05, 0) is 31.4 Å². The first kappa shape index (κ1) is 12.0. The molecular formula is C14H20N2O. The van der Waals surface area contributed by atoms with Crippen LogP contribution in [0.5, 0.6) is 0 Å². The van der Waals surface area contributed by atoms with E-state index in [-0.39, 0.29) is 6.03 Å². The normalized spacial score (nSPS) is 15.0. The van der Waals surface area contributed by atoms with Crippen molar-refractivity contribution in [3.05, 3.63) is 30.3 Å². The van der Waals surface area contributed by atoms with Crippen LogP contribution in [0.4, 0.5) is 10.5 Å². The molecule has 1 aliphatic heterocycles. The summed E-state index contributed by atoms with van der Waals surface area (Å²) in [5, 5.41) is 0. The number of hydrogen-bond donors (Lipinski definition) is 0. The van der Waals surface area contributed by atoms with Crippen LogP contribution in [0.25, 0.3) is 0 Å². The van der Waals surface area contributed by atoms with Crippen LogP contribution in [0.1, 0.15) is 26.2 Å². The maximum atomic E-state index is 12.4. The van der Waals surface area contributed by atoms with Gasteiger partial charge in [0.15, 0.2) is 0 Å². The molecule has 0 saturated carbocycles. The van der Waals surface area contributed by atoms with Gasteiger partial charge in [0.25, 0.3) is 0 Å². The first-order valence-electron chi connectivity index (χ1n) is 6.44. The molecule has 1 aliphatic rings. The Balaban J connectivity index is 2.13. The fraction of sp³-hybridized carbons (Fsp3) is 0.500. The molecule has 0 unspecified atom stereocenters. The highest BCUT2D eigenvalue weighted by Crippen LogP contribution is 2.18. The lowest BCUT2D eigenvalue weighted by Gasteiger charge is -2.27. The summed E-state index contributed by atoms with van der Waals surface area (Å²) in [7, 11) is 0. The Morgan fingerprint density at radius 2 is 1.88 bits per heavy atom. The van der Waals surface area contributed by atoms with Gasteiger partial charge in [-0.15, -0.1) is 0 Å². The second kappa shape index (κ2) is 5.71. The molecule has 92 valence electrons. The summed E-state index contributed by atoms with van der Waals surface area (Å²) in [4.78, 5) is 16.2. The first-order valence-corrected chi connectivity index (χ1v) is 6.44. The van der Waals surface area contributed by atoms with E-state index in [1.165, 1.54) is 0 Å². The number of benzene rings is 1. The van der Waals surface area contributed by atoms with Crippen molar-refractivity contribution in [1.82, 2.24) is 4.90 Å².